The Bertz CT molecular complexity index is 343. The summed E-state index contributed by atoms with van der Waals surface area (Å²) < 4.78 is 0. The van der Waals surface area contributed by atoms with Gasteiger partial charge in [0.25, 0.3) is 0 Å². The number of amides is 1. The molecule has 1 aromatic rings. The van der Waals surface area contributed by atoms with Gasteiger partial charge in [-0.25, -0.2) is 0 Å². The first-order valence-corrected chi connectivity index (χ1v) is 5.61. The fraction of sp³-hybridized carbons (Fsp3) is 0.462. The summed E-state index contributed by atoms with van der Waals surface area (Å²) >= 11 is 0. The van der Waals surface area contributed by atoms with Gasteiger partial charge in [-0.2, -0.15) is 0 Å². The van der Waals surface area contributed by atoms with Crippen molar-refractivity contribution in [2.24, 2.45) is 17.4 Å². The second-order valence-corrected chi connectivity index (χ2v) is 4.62. The Hall–Kier alpha value is -1.35. The van der Waals surface area contributed by atoms with E-state index in [1.807, 2.05) is 12.1 Å². The van der Waals surface area contributed by atoms with Gasteiger partial charge in [-0.1, -0.05) is 38.1 Å². The molecule has 88 valence electrons. The van der Waals surface area contributed by atoms with Crippen molar-refractivity contribution < 1.29 is 4.79 Å². The molecule has 0 heterocycles. The van der Waals surface area contributed by atoms with Crippen LogP contribution in [0.2, 0.25) is 0 Å². The molecule has 0 unspecified atom stereocenters. The average Bonchev–Trinajstić information content (AvgIpc) is 2.16. The van der Waals surface area contributed by atoms with E-state index in [0.29, 0.717) is 5.92 Å². The third-order valence-electron chi connectivity index (χ3n) is 2.47. The van der Waals surface area contributed by atoms with Crippen LogP contribution in [0.3, 0.4) is 0 Å². The SMILES string of the molecule is CC(C)Cc1ccc([C@H](N)CC(N)=O)cc1. The lowest BCUT2D eigenvalue weighted by atomic mass is 9.98. The van der Waals surface area contributed by atoms with Crippen molar-refractivity contribution in [3.8, 4) is 0 Å². The molecule has 0 saturated heterocycles. The van der Waals surface area contributed by atoms with E-state index in [9.17, 15) is 4.79 Å². The Kier molecular flexibility index (Phi) is 4.50. The van der Waals surface area contributed by atoms with Crippen LogP contribution in [0.1, 0.15) is 37.4 Å². The first-order chi connectivity index (χ1) is 7.49. The number of hydrogen-bond donors (Lipinski definition) is 2. The van der Waals surface area contributed by atoms with Crippen molar-refractivity contribution >= 4 is 5.91 Å². The molecular weight excluding hydrogens is 200 g/mol. The first kappa shape index (κ1) is 12.7. The summed E-state index contributed by atoms with van der Waals surface area (Å²) in [5.74, 6) is 0.281. The maximum absolute atomic E-state index is 10.7. The highest BCUT2D eigenvalue weighted by Crippen LogP contribution is 2.16. The summed E-state index contributed by atoms with van der Waals surface area (Å²) in [6, 6.07) is 7.80. The monoisotopic (exact) mass is 220 g/mol. The van der Waals surface area contributed by atoms with E-state index < -0.39 is 0 Å². The summed E-state index contributed by atoms with van der Waals surface area (Å²) in [7, 11) is 0. The Labute approximate surface area is 96.8 Å². The molecule has 0 spiro atoms. The lowest BCUT2D eigenvalue weighted by Gasteiger charge is -2.11. The average molecular weight is 220 g/mol. The molecule has 0 saturated carbocycles. The van der Waals surface area contributed by atoms with Gasteiger partial charge in [0.05, 0.1) is 0 Å². The van der Waals surface area contributed by atoms with Gasteiger partial charge >= 0.3 is 0 Å². The molecule has 16 heavy (non-hydrogen) atoms. The molecule has 4 N–H and O–H groups in total. The van der Waals surface area contributed by atoms with Gasteiger partial charge in [-0.05, 0) is 23.5 Å². The summed E-state index contributed by atoms with van der Waals surface area (Å²) in [6.45, 7) is 4.37. The third kappa shape index (κ3) is 4.03. The van der Waals surface area contributed by atoms with Crippen LogP contribution in [0.15, 0.2) is 24.3 Å². The number of carbonyl (C=O) groups is 1. The number of carbonyl (C=O) groups excluding carboxylic acids is 1. The van der Waals surface area contributed by atoms with E-state index >= 15 is 0 Å². The number of rotatable bonds is 5. The van der Waals surface area contributed by atoms with Gasteiger partial charge < -0.3 is 11.5 Å². The number of benzene rings is 1. The predicted octanol–water partition coefficient (Wildman–Crippen LogP) is 1.76. The topological polar surface area (TPSA) is 69.1 Å². The normalized spacial score (nSPS) is 12.8. The molecule has 1 rings (SSSR count). The molecule has 0 bridgehead atoms. The van der Waals surface area contributed by atoms with E-state index in [0.717, 1.165) is 12.0 Å². The predicted molar refractivity (Wildman–Crippen MR) is 65.7 cm³/mol. The minimum atomic E-state index is -0.362. The van der Waals surface area contributed by atoms with Crippen LogP contribution in [-0.2, 0) is 11.2 Å². The lowest BCUT2D eigenvalue weighted by Crippen LogP contribution is -2.20. The van der Waals surface area contributed by atoms with Gasteiger partial charge in [-0.15, -0.1) is 0 Å². The molecule has 1 atom stereocenters. The van der Waals surface area contributed by atoms with Gasteiger partial charge in [-0.3, -0.25) is 4.79 Å². The van der Waals surface area contributed by atoms with Gasteiger partial charge in [0.1, 0.15) is 0 Å². The summed E-state index contributed by atoms with van der Waals surface area (Å²) in [5.41, 5.74) is 13.2. The number of hydrogen-bond acceptors (Lipinski definition) is 2. The number of nitrogens with two attached hydrogens (primary N) is 2. The van der Waals surface area contributed by atoms with E-state index in [2.05, 4.69) is 26.0 Å². The Morgan fingerprint density at radius 2 is 1.81 bits per heavy atom. The van der Waals surface area contributed by atoms with Gasteiger partial charge in [0.15, 0.2) is 0 Å². The van der Waals surface area contributed by atoms with Crippen molar-refractivity contribution in [3.63, 3.8) is 0 Å². The highest BCUT2D eigenvalue weighted by Gasteiger charge is 2.09. The highest BCUT2D eigenvalue weighted by molar-refractivity contribution is 5.74. The molecule has 1 amide bonds. The minimum Gasteiger partial charge on any atom is -0.370 e. The van der Waals surface area contributed by atoms with Crippen LogP contribution in [0, 0.1) is 5.92 Å². The third-order valence-corrected chi connectivity index (χ3v) is 2.47. The van der Waals surface area contributed by atoms with E-state index in [-0.39, 0.29) is 18.4 Å². The molecule has 1 aromatic carbocycles. The summed E-state index contributed by atoms with van der Waals surface area (Å²) in [5, 5.41) is 0. The Morgan fingerprint density at radius 3 is 2.25 bits per heavy atom. The van der Waals surface area contributed by atoms with E-state index in [4.69, 9.17) is 11.5 Å². The largest absolute Gasteiger partial charge is 0.370 e. The molecule has 3 nitrogen and oxygen atoms in total. The van der Waals surface area contributed by atoms with Gasteiger partial charge in [0, 0.05) is 12.5 Å². The molecule has 3 heteroatoms. The molecule has 0 fully saturated rings. The maximum atomic E-state index is 10.7. The Morgan fingerprint density at radius 1 is 1.25 bits per heavy atom. The lowest BCUT2D eigenvalue weighted by molar-refractivity contribution is -0.118. The van der Waals surface area contributed by atoms with Crippen LogP contribution in [0.5, 0.6) is 0 Å². The van der Waals surface area contributed by atoms with Crippen molar-refractivity contribution in [2.75, 3.05) is 0 Å². The second kappa shape index (κ2) is 5.66. The smallest absolute Gasteiger partial charge is 0.219 e. The Balaban J connectivity index is 2.66. The fourth-order valence-corrected chi connectivity index (χ4v) is 1.71. The van der Waals surface area contributed by atoms with Crippen molar-refractivity contribution in [3.05, 3.63) is 35.4 Å². The summed E-state index contributed by atoms with van der Waals surface area (Å²) in [6.07, 6.45) is 1.26. The van der Waals surface area contributed by atoms with Crippen molar-refractivity contribution in [2.45, 2.75) is 32.7 Å². The van der Waals surface area contributed by atoms with E-state index in [1.165, 1.54) is 5.56 Å². The van der Waals surface area contributed by atoms with E-state index in [1.54, 1.807) is 0 Å². The number of primary amides is 1. The van der Waals surface area contributed by atoms with Crippen LogP contribution in [0.25, 0.3) is 0 Å². The maximum Gasteiger partial charge on any atom is 0.219 e. The fourth-order valence-electron chi connectivity index (χ4n) is 1.71. The summed E-state index contributed by atoms with van der Waals surface area (Å²) in [4.78, 5) is 10.7. The van der Waals surface area contributed by atoms with Crippen LogP contribution in [0.4, 0.5) is 0 Å². The quantitative estimate of drug-likeness (QED) is 0.793. The van der Waals surface area contributed by atoms with Crippen molar-refractivity contribution in [1.82, 2.24) is 0 Å². The molecule has 0 aliphatic heterocycles. The first-order valence-electron chi connectivity index (χ1n) is 5.61. The van der Waals surface area contributed by atoms with Crippen LogP contribution < -0.4 is 11.5 Å². The minimum absolute atomic E-state index is 0.198. The standard InChI is InChI=1S/C13H20N2O/c1-9(2)7-10-3-5-11(6-4-10)12(14)8-13(15)16/h3-6,9,12H,7-8,14H2,1-2H3,(H2,15,16)/t12-/m1/s1. The molecular formula is C13H20N2O. The molecule has 0 aliphatic rings. The second-order valence-electron chi connectivity index (χ2n) is 4.62. The van der Waals surface area contributed by atoms with Crippen LogP contribution in [-0.4, -0.2) is 5.91 Å². The van der Waals surface area contributed by atoms with Gasteiger partial charge in [0.2, 0.25) is 5.91 Å². The zero-order valence-electron chi connectivity index (χ0n) is 9.94. The highest BCUT2D eigenvalue weighted by atomic mass is 16.1. The van der Waals surface area contributed by atoms with Crippen LogP contribution >= 0.6 is 0 Å². The van der Waals surface area contributed by atoms with Crippen molar-refractivity contribution in [1.29, 1.82) is 0 Å². The molecule has 0 aliphatic carbocycles. The molecule has 0 aromatic heterocycles. The zero-order chi connectivity index (χ0) is 12.1. The molecule has 0 radical (unpaired) electrons. The zero-order valence-corrected chi connectivity index (χ0v) is 9.94.